The Morgan fingerprint density at radius 2 is 1.97 bits per heavy atom. The van der Waals surface area contributed by atoms with Gasteiger partial charge in [-0.05, 0) is 62.2 Å². The van der Waals surface area contributed by atoms with Gasteiger partial charge in [0, 0.05) is 27.8 Å². The molecule has 0 unspecified atom stereocenters. The van der Waals surface area contributed by atoms with E-state index in [-0.39, 0.29) is 18.0 Å². The summed E-state index contributed by atoms with van der Waals surface area (Å²) in [6.07, 6.45) is 1.61. The van der Waals surface area contributed by atoms with Crippen LogP contribution in [-0.4, -0.2) is 43.7 Å². The fourth-order valence-electron chi connectivity index (χ4n) is 4.23. The first kappa shape index (κ1) is 21.7. The van der Waals surface area contributed by atoms with Crippen LogP contribution in [0.2, 0.25) is 5.02 Å². The number of halogens is 1. The highest BCUT2D eigenvalue weighted by Gasteiger charge is 2.27. The first-order chi connectivity index (χ1) is 14.7. The monoisotopic (exact) mass is 445 g/mol. The van der Waals surface area contributed by atoms with E-state index in [0.717, 1.165) is 48.8 Å². The van der Waals surface area contributed by atoms with Crippen molar-refractivity contribution in [2.75, 3.05) is 32.8 Å². The van der Waals surface area contributed by atoms with Gasteiger partial charge in [-0.15, -0.1) is 11.8 Å². The van der Waals surface area contributed by atoms with Crippen LogP contribution in [0.4, 0.5) is 0 Å². The number of rotatable bonds is 6. The van der Waals surface area contributed by atoms with Crippen molar-refractivity contribution in [2.24, 2.45) is 5.92 Å². The Bertz CT molecular complexity index is 883. The van der Waals surface area contributed by atoms with Crippen molar-refractivity contribution in [2.45, 2.75) is 36.5 Å². The predicted octanol–water partition coefficient (Wildman–Crippen LogP) is 5.33. The van der Waals surface area contributed by atoms with Gasteiger partial charge in [0.05, 0.1) is 19.1 Å². The number of hydrogen-bond acceptors (Lipinski definition) is 5. The molecule has 2 aromatic rings. The second-order valence-electron chi connectivity index (χ2n) is 7.79. The van der Waals surface area contributed by atoms with Gasteiger partial charge in [-0.3, -0.25) is 4.79 Å². The minimum atomic E-state index is -0.109. The van der Waals surface area contributed by atoms with E-state index >= 15 is 0 Å². The van der Waals surface area contributed by atoms with E-state index in [1.807, 2.05) is 30.8 Å². The van der Waals surface area contributed by atoms with Crippen molar-refractivity contribution < 1.29 is 14.3 Å². The van der Waals surface area contributed by atoms with Crippen LogP contribution in [-0.2, 0) is 20.0 Å². The van der Waals surface area contributed by atoms with Crippen LogP contribution in [0, 0.1) is 5.92 Å². The molecule has 0 N–H and O–H groups in total. The lowest BCUT2D eigenvalue weighted by molar-refractivity contribution is -0.149. The Morgan fingerprint density at radius 3 is 2.77 bits per heavy atom. The lowest BCUT2D eigenvalue weighted by Crippen LogP contribution is -2.38. The average molecular weight is 446 g/mol. The predicted molar refractivity (Wildman–Crippen MR) is 121 cm³/mol. The zero-order valence-electron chi connectivity index (χ0n) is 17.3. The maximum absolute atomic E-state index is 11.9. The Kier molecular flexibility index (Phi) is 7.37. The molecule has 0 aliphatic carbocycles. The Morgan fingerprint density at radius 1 is 1.17 bits per heavy atom. The van der Waals surface area contributed by atoms with Crippen molar-refractivity contribution in [3.63, 3.8) is 0 Å². The quantitative estimate of drug-likeness (QED) is 0.562. The third-order valence-corrected chi connectivity index (χ3v) is 7.25. The second kappa shape index (κ2) is 10.2. The lowest BCUT2D eigenvalue weighted by Gasteiger charge is -2.31. The Labute approximate surface area is 187 Å². The summed E-state index contributed by atoms with van der Waals surface area (Å²) in [6, 6.07) is 14.6. The summed E-state index contributed by atoms with van der Waals surface area (Å²) in [5, 5.41) is 0.739. The summed E-state index contributed by atoms with van der Waals surface area (Å²) in [6.45, 7) is 5.63. The number of thioether (sulfide) groups is 1. The van der Waals surface area contributed by atoms with Gasteiger partial charge >= 0.3 is 5.97 Å². The lowest BCUT2D eigenvalue weighted by atomic mass is 9.97. The molecule has 1 fully saturated rings. The van der Waals surface area contributed by atoms with Gasteiger partial charge in [-0.2, -0.15) is 0 Å². The molecule has 2 aliphatic rings. The van der Waals surface area contributed by atoms with Crippen LogP contribution in [0.25, 0.3) is 0 Å². The molecule has 2 aromatic carbocycles. The third kappa shape index (κ3) is 5.02. The van der Waals surface area contributed by atoms with Gasteiger partial charge in [0.2, 0.25) is 0 Å². The van der Waals surface area contributed by atoms with Crippen molar-refractivity contribution in [3.8, 4) is 0 Å². The summed E-state index contributed by atoms with van der Waals surface area (Å²) in [5.74, 6) is 0.933. The standard InChI is InChI=1S/C24H28ClNO3S/c1-2-28-24(27)17-9-11-26(12-10-17)13-14-29-23-20-6-4-3-5-18(20)16-30-22-8-7-19(25)15-21(22)23/h3-8,15,17,23H,2,9-14,16H2,1H3/t23-/m0/s1. The topological polar surface area (TPSA) is 38.8 Å². The second-order valence-corrected chi connectivity index (χ2v) is 9.24. The summed E-state index contributed by atoms with van der Waals surface area (Å²) in [7, 11) is 0. The van der Waals surface area contributed by atoms with E-state index in [9.17, 15) is 4.79 Å². The number of ether oxygens (including phenoxy) is 2. The molecule has 1 atom stereocenters. The van der Waals surface area contributed by atoms with Crippen LogP contribution in [0.15, 0.2) is 47.4 Å². The summed E-state index contributed by atoms with van der Waals surface area (Å²) >= 11 is 8.17. The fraction of sp³-hybridized carbons (Fsp3) is 0.458. The molecule has 1 saturated heterocycles. The molecule has 0 spiro atoms. The van der Waals surface area contributed by atoms with Gasteiger partial charge in [-0.25, -0.2) is 0 Å². The number of likely N-dealkylation sites (tertiary alicyclic amines) is 1. The molecule has 0 saturated carbocycles. The molecule has 4 nitrogen and oxygen atoms in total. The zero-order valence-corrected chi connectivity index (χ0v) is 18.9. The highest BCUT2D eigenvalue weighted by atomic mass is 35.5. The third-order valence-electron chi connectivity index (χ3n) is 5.87. The number of esters is 1. The van der Waals surface area contributed by atoms with Gasteiger partial charge in [0.25, 0.3) is 0 Å². The van der Waals surface area contributed by atoms with Gasteiger partial charge in [0.15, 0.2) is 0 Å². The highest BCUT2D eigenvalue weighted by molar-refractivity contribution is 7.98. The first-order valence-electron chi connectivity index (χ1n) is 10.7. The number of fused-ring (bicyclic) bond motifs is 2. The van der Waals surface area contributed by atoms with Crippen molar-refractivity contribution in [1.29, 1.82) is 0 Å². The van der Waals surface area contributed by atoms with Crippen molar-refractivity contribution in [3.05, 3.63) is 64.2 Å². The molecule has 0 bridgehead atoms. The van der Waals surface area contributed by atoms with Crippen molar-refractivity contribution >= 4 is 29.3 Å². The summed E-state index contributed by atoms with van der Waals surface area (Å²) in [4.78, 5) is 15.6. The minimum Gasteiger partial charge on any atom is -0.466 e. The number of piperidine rings is 1. The fourth-order valence-corrected chi connectivity index (χ4v) is 5.48. The maximum Gasteiger partial charge on any atom is 0.309 e. The largest absolute Gasteiger partial charge is 0.466 e. The van der Waals surface area contributed by atoms with E-state index in [1.165, 1.54) is 16.0 Å². The number of carbonyl (C=O) groups is 1. The van der Waals surface area contributed by atoms with E-state index in [1.54, 1.807) is 0 Å². The number of hydrogen-bond donors (Lipinski definition) is 0. The smallest absolute Gasteiger partial charge is 0.309 e. The molecule has 2 heterocycles. The molecule has 30 heavy (non-hydrogen) atoms. The first-order valence-corrected chi connectivity index (χ1v) is 12.0. The highest BCUT2D eigenvalue weighted by Crippen LogP contribution is 2.42. The van der Waals surface area contributed by atoms with Crippen LogP contribution < -0.4 is 0 Å². The van der Waals surface area contributed by atoms with E-state index in [4.69, 9.17) is 21.1 Å². The van der Waals surface area contributed by atoms with Gasteiger partial charge in [0.1, 0.15) is 6.10 Å². The molecule has 0 aromatic heterocycles. The van der Waals surface area contributed by atoms with E-state index in [0.29, 0.717) is 13.2 Å². The van der Waals surface area contributed by atoms with Gasteiger partial charge in [-0.1, -0.05) is 35.9 Å². The Balaban J connectivity index is 1.40. The molecule has 0 radical (unpaired) electrons. The molecule has 4 rings (SSSR count). The van der Waals surface area contributed by atoms with Crippen LogP contribution >= 0.6 is 23.4 Å². The summed E-state index contributed by atoms with van der Waals surface area (Å²) in [5.41, 5.74) is 3.69. The van der Waals surface area contributed by atoms with Crippen LogP contribution in [0.1, 0.15) is 42.6 Å². The number of nitrogens with zero attached hydrogens (tertiary/aromatic N) is 1. The normalized spacial score (nSPS) is 19.6. The molecule has 0 amide bonds. The summed E-state index contributed by atoms with van der Waals surface area (Å²) < 4.78 is 11.7. The van der Waals surface area contributed by atoms with E-state index < -0.39 is 0 Å². The average Bonchev–Trinajstić information content (AvgIpc) is 2.91. The molecule has 2 aliphatic heterocycles. The molecular weight excluding hydrogens is 418 g/mol. The molecule has 6 heteroatoms. The number of benzene rings is 2. The van der Waals surface area contributed by atoms with E-state index in [2.05, 4.69) is 35.2 Å². The van der Waals surface area contributed by atoms with Crippen LogP contribution in [0.5, 0.6) is 0 Å². The minimum absolute atomic E-state index is 0.0434. The number of carbonyl (C=O) groups excluding carboxylic acids is 1. The zero-order chi connectivity index (χ0) is 20.9. The molecule has 160 valence electrons. The Hall–Kier alpha value is -1.53. The SMILES string of the molecule is CCOC(=O)C1CCN(CCO[C@H]2c3ccccc3CSc3ccc(Cl)cc32)CC1. The van der Waals surface area contributed by atoms with Gasteiger partial charge < -0.3 is 14.4 Å². The maximum atomic E-state index is 11.9. The van der Waals surface area contributed by atoms with Crippen molar-refractivity contribution in [1.82, 2.24) is 4.90 Å². The van der Waals surface area contributed by atoms with Crippen LogP contribution in [0.3, 0.4) is 0 Å². The molecular formula is C24H28ClNO3S.